The maximum atomic E-state index is 11.4. The molecule has 0 aliphatic carbocycles. The molecule has 4 N–H and O–H groups in total. The number of H-pyrrole nitrogens is 2. The first-order valence-corrected chi connectivity index (χ1v) is 14.7. The van der Waals surface area contributed by atoms with E-state index in [2.05, 4.69) is 9.97 Å². The van der Waals surface area contributed by atoms with Gasteiger partial charge in [-0.2, -0.15) is 0 Å². The van der Waals surface area contributed by atoms with Gasteiger partial charge in [-0.1, -0.05) is 0 Å². The molecule has 2 atom stereocenters. The van der Waals surface area contributed by atoms with Gasteiger partial charge in [0.05, 0.1) is 35.0 Å². The third kappa shape index (κ3) is 6.57. The van der Waals surface area contributed by atoms with Gasteiger partial charge in [-0.05, 0) is 125 Å². The Bertz CT molecular complexity index is 1930. The van der Waals surface area contributed by atoms with E-state index >= 15 is 0 Å². The average Bonchev–Trinajstić information content (AvgIpc) is 3.59. The predicted octanol–water partition coefficient (Wildman–Crippen LogP) is 3.44. The Labute approximate surface area is 273 Å². The average molecular weight is 662 g/mol. The molecule has 0 fully saturated rings. The Hall–Kier alpha value is -3.92. The summed E-state index contributed by atoms with van der Waals surface area (Å²) in [5, 5.41) is 44.4. The molecule has 0 spiro atoms. The van der Waals surface area contributed by atoms with E-state index in [9.17, 15) is 30.0 Å². The van der Waals surface area contributed by atoms with Crippen molar-refractivity contribution in [3.8, 4) is 0 Å². The van der Waals surface area contributed by atoms with Crippen LogP contribution in [-0.2, 0) is 35.5 Å². The number of nitrogens with zero attached hydrogens (tertiary/aromatic N) is 2. The first-order chi connectivity index (χ1) is 20.8. The van der Waals surface area contributed by atoms with Crippen molar-refractivity contribution in [3.63, 3.8) is 0 Å². The number of hydrogen-bond donors (Lipinski definition) is 4. The maximum absolute atomic E-state index is 11.4. The van der Waals surface area contributed by atoms with Crippen LogP contribution in [0.25, 0.3) is 44.4 Å². The number of fused-ring (bicyclic) bond motifs is 8. The summed E-state index contributed by atoms with van der Waals surface area (Å²) >= 11 is 0. The Kier molecular flexibility index (Phi) is 9.97. The van der Waals surface area contributed by atoms with Crippen LogP contribution in [0.5, 0.6) is 0 Å². The summed E-state index contributed by atoms with van der Waals surface area (Å²) in [5.74, 6) is -2.34. The Morgan fingerprint density at radius 1 is 0.711 bits per heavy atom. The van der Waals surface area contributed by atoms with Gasteiger partial charge < -0.3 is 40.0 Å². The Morgan fingerprint density at radius 3 is 1.84 bits per heavy atom. The van der Waals surface area contributed by atoms with Gasteiger partial charge in [-0.25, -0.2) is 9.97 Å². The second kappa shape index (κ2) is 13.2. The minimum atomic E-state index is -1.17. The van der Waals surface area contributed by atoms with Crippen LogP contribution >= 0.6 is 0 Å². The quantitative estimate of drug-likeness (QED) is 0.265. The van der Waals surface area contributed by atoms with E-state index in [1.807, 2.05) is 52.0 Å². The Balaban J connectivity index is 0.00000461. The molecule has 5 rings (SSSR count). The van der Waals surface area contributed by atoms with Gasteiger partial charge in [-0.15, -0.1) is 0 Å². The van der Waals surface area contributed by atoms with Crippen molar-refractivity contribution in [2.75, 3.05) is 0 Å². The third-order valence-electron chi connectivity index (χ3n) is 8.63. The number of aryl methyl sites for hydroxylation is 3. The van der Waals surface area contributed by atoms with Gasteiger partial charge in [0.25, 0.3) is 0 Å². The first-order valence-electron chi connectivity index (χ1n) is 14.7. The fourth-order valence-corrected chi connectivity index (χ4v) is 6.30. The summed E-state index contributed by atoms with van der Waals surface area (Å²) in [5.41, 5.74) is 11.3. The van der Waals surface area contributed by atoms with Crippen LogP contribution in [0.1, 0.15) is 98.1 Å². The smallest absolute Gasteiger partial charge is 0.550 e. The predicted molar refractivity (Wildman–Crippen MR) is 165 cm³/mol. The van der Waals surface area contributed by atoms with Crippen molar-refractivity contribution in [3.05, 3.63) is 69.3 Å². The van der Waals surface area contributed by atoms with Crippen molar-refractivity contribution in [2.24, 2.45) is 0 Å². The van der Waals surface area contributed by atoms with Crippen LogP contribution in [0.15, 0.2) is 24.3 Å². The molecule has 2 unspecified atom stereocenters. The number of aliphatic hydroxyl groups excluding tert-OH is 2. The molecule has 3 aromatic heterocycles. The van der Waals surface area contributed by atoms with Crippen molar-refractivity contribution in [1.82, 2.24) is 19.9 Å². The summed E-state index contributed by atoms with van der Waals surface area (Å²) in [7, 11) is 0. The topological polar surface area (TPSA) is 178 Å². The van der Waals surface area contributed by atoms with Crippen molar-refractivity contribution < 1.29 is 49.5 Å². The van der Waals surface area contributed by atoms with E-state index in [-0.39, 0.29) is 45.2 Å². The number of carbonyl (C=O) groups excluding carboxylic acids is 2. The van der Waals surface area contributed by atoms with Crippen LogP contribution in [0, 0.1) is 13.8 Å². The molecular weight excluding hydrogens is 626 g/mol. The van der Waals surface area contributed by atoms with Crippen LogP contribution in [0.4, 0.5) is 0 Å². The van der Waals surface area contributed by atoms with E-state index in [0.717, 1.165) is 38.9 Å². The number of aliphatic carboxylic acids is 2. The number of aromatic amines is 2. The number of carboxylic acid groups (broad SMARTS) is 2. The second-order valence-electron chi connectivity index (χ2n) is 11.6. The van der Waals surface area contributed by atoms with Crippen molar-refractivity contribution in [2.45, 2.75) is 79.4 Å². The fraction of sp³-hybridized carbons (Fsp3) is 0.353. The number of carbonyl (C=O) groups is 2. The van der Waals surface area contributed by atoms with E-state index in [1.54, 1.807) is 13.8 Å². The van der Waals surface area contributed by atoms with E-state index in [0.29, 0.717) is 50.5 Å². The molecule has 8 bridgehead atoms. The molecule has 2 aliphatic heterocycles. The van der Waals surface area contributed by atoms with Crippen LogP contribution in [0.2, 0.25) is 0 Å². The minimum absolute atomic E-state index is 0. The molecule has 5 heterocycles. The molecule has 230 valence electrons. The zero-order chi connectivity index (χ0) is 32.0. The van der Waals surface area contributed by atoms with Gasteiger partial charge in [0.15, 0.2) is 0 Å². The molecule has 3 aromatic rings. The minimum Gasteiger partial charge on any atom is -0.550 e. The van der Waals surface area contributed by atoms with Crippen LogP contribution in [-0.4, -0.2) is 48.2 Å². The molecule has 0 saturated heterocycles. The SMILES string of the molecule is CC1=C(CCC(=O)[O-])c2cc3[nH]c(cc4nc(cc5[nH]c(cc1n2)c(C)c5C(C)O)C(C)=C4C(C)O)c(C)c3CCC(=O)[O-].[Zn+2]. The number of aliphatic hydroxyl groups is 2. The number of carboxylic acids is 2. The first kappa shape index (κ1) is 34.0. The number of rotatable bonds is 8. The zero-order valence-corrected chi connectivity index (χ0v) is 29.4. The molecule has 0 aromatic carbocycles. The molecule has 2 aliphatic rings. The molecular formula is C34H36N4O6Zn. The number of allylic oxidation sites excluding steroid dienone is 3. The number of hydrogen-bond acceptors (Lipinski definition) is 8. The molecule has 0 amide bonds. The van der Waals surface area contributed by atoms with Crippen LogP contribution < -0.4 is 10.2 Å². The summed E-state index contributed by atoms with van der Waals surface area (Å²) in [6.45, 7) is 11.0. The monoisotopic (exact) mass is 660 g/mol. The Morgan fingerprint density at radius 2 is 1.22 bits per heavy atom. The van der Waals surface area contributed by atoms with Crippen molar-refractivity contribution in [1.29, 1.82) is 0 Å². The third-order valence-corrected chi connectivity index (χ3v) is 8.63. The van der Waals surface area contributed by atoms with Crippen LogP contribution in [0.3, 0.4) is 0 Å². The number of aromatic nitrogens is 4. The summed E-state index contributed by atoms with van der Waals surface area (Å²) in [6, 6.07) is 7.41. The normalized spacial score (nSPS) is 14.4. The molecule has 0 radical (unpaired) electrons. The van der Waals surface area contributed by atoms with Gasteiger partial charge >= 0.3 is 19.5 Å². The van der Waals surface area contributed by atoms with Gasteiger partial charge in [0.2, 0.25) is 0 Å². The summed E-state index contributed by atoms with van der Waals surface area (Å²) < 4.78 is 0. The molecule has 45 heavy (non-hydrogen) atoms. The summed E-state index contributed by atoms with van der Waals surface area (Å²) in [4.78, 5) is 39.5. The molecule has 0 saturated carbocycles. The van der Waals surface area contributed by atoms with Crippen molar-refractivity contribution >= 4 is 56.3 Å². The van der Waals surface area contributed by atoms with Gasteiger partial charge in [0, 0.05) is 45.1 Å². The van der Waals surface area contributed by atoms with E-state index in [1.165, 1.54) is 0 Å². The molecule has 11 heteroatoms. The van der Waals surface area contributed by atoms with E-state index < -0.39 is 24.1 Å². The largest absolute Gasteiger partial charge is 2.00 e. The number of nitrogens with one attached hydrogen (secondary N) is 2. The van der Waals surface area contributed by atoms with Gasteiger partial charge in [-0.3, -0.25) is 0 Å². The molecule has 10 nitrogen and oxygen atoms in total. The fourth-order valence-electron chi connectivity index (χ4n) is 6.30. The second-order valence-corrected chi connectivity index (χ2v) is 11.6. The van der Waals surface area contributed by atoms with E-state index in [4.69, 9.17) is 9.97 Å². The summed E-state index contributed by atoms with van der Waals surface area (Å²) in [6.07, 6.45) is -1.56. The maximum Gasteiger partial charge on any atom is 2.00 e. The van der Waals surface area contributed by atoms with Gasteiger partial charge in [0.1, 0.15) is 0 Å². The zero-order valence-electron chi connectivity index (χ0n) is 26.4. The standard InChI is InChI=1S/C34H38N4O6.Zn/c1-15-21(7-9-31(41)42)27-14-28-22(8-10-32(43)44)16(2)24(36-28)12-29-34(20(6)40)18(4)26(38-29)13-30-33(19(5)39)17(3)25(37-30)11-23(15)35-27;/h11-14,19-20,36-37,39-40H,7-10H2,1-6H3,(H,41,42)(H,43,44);/q;+2/p-2.